The molecule has 0 aliphatic carbocycles. The standard InChI is InChI=1S/C14H14ClNO2/c1-17-13-5-3-4-11(14(13)18-2)10-7-6-9(15)8-12(10)16/h3-8H,16H2,1-2H3. The van der Waals surface area contributed by atoms with Crippen LogP contribution < -0.4 is 15.2 Å². The number of hydrogen-bond acceptors (Lipinski definition) is 3. The van der Waals surface area contributed by atoms with Crippen molar-refractivity contribution in [2.75, 3.05) is 20.0 Å². The van der Waals surface area contributed by atoms with Gasteiger partial charge in [-0.1, -0.05) is 29.8 Å². The van der Waals surface area contributed by atoms with E-state index in [2.05, 4.69) is 0 Å². The summed E-state index contributed by atoms with van der Waals surface area (Å²) in [4.78, 5) is 0. The summed E-state index contributed by atoms with van der Waals surface area (Å²) >= 11 is 5.90. The molecule has 0 unspecified atom stereocenters. The number of anilines is 1. The molecule has 0 saturated carbocycles. The molecule has 0 aliphatic heterocycles. The summed E-state index contributed by atoms with van der Waals surface area (Å²) in [7, 11) is 3.21. The fraction of sp³-hybridized carbons (Fsp3) is 0.143. The minimum absolute atomic E-state index is 0.606. The van der Waals surface area contributed by atoms with Crippen molar-refractivity contribution in [2.45, 2.75) is 0 Å². The van der Waals surface area contributed by atoms with Crippen molar-refractivity contribution in [2.24, 2.45) is 0 Å². The summed E-state index contributed by atoms with van der Waals surface area (Å²) in [5, 5.41) is 0.609. The van der Waals surface area contributed by atoms with E-state index in [1.54, 1.807) is 26.4 Å². The molecular weight excluding hydrogens is 250 g/mol. The van der Waals surface area contributed by atoms with Gasteiger partial charge in [-0.3, -0.25) is 0 Å². The third-order valence-electron chi connectivity index (χ3n) is 2.71. The van der Waals surface area contributed by atoms with Crippen LogP contribution in [-0.4, -0.2) is 14.2 Å². The van der Waals surface area contributed by atoms with E-state index in [-0.39, 0.29) is 0 Å². The Morgan fingerprint density at radius 3 is 2.39 bits per heavy atom. The second kappa shape index (κ2) is 5.19. The van der Waals surface area contributed by atoms with Gasteiger partial charge in [-0.25, -0.2) is 0 Å². The summed E-state index contributed by atoms with van der Waals surface area (Å²) in [6.07, 6.45) is 0. The Bertz CT molecular complexity index is 570. The highest BCUT2D eigenvalue weighted by atomic mass is 35.5. The second-order valence-electron chi connectivity index (χ2n) is 3.77. The van der Waals surface area contributed by atoms with Gasteiger partial charge in [-0.15, -0.1) is 0 Å². The first-order valence-corrected chi connectivity index (χ1v) is 5.81. The number of halogens is 1. The van der Waals surface area contributed by atoms with Gasteiger partial charge in [0, 0.05) is 21.8 Å². The maximum atomic E-state index is 5.99. The lowest BCUT2D eigenvalue weighted by atomic mass is 10.0. The fourth-order valence-corrected chi connectivity index (χ4v) is 2.06. The highest BCUT2D eigenvalue weighted by Gasteiger charge is 2.13. The maximum absolute atomic E-state index is 5.99. The van der Waals surface area contributed by atoms with Gasteiger partial charge >= 0.3 is 0 Å². The number of nitrogens with two attached hydrogens (primary N) is 1. The van der Waals surface area contributed by atoms with Gasteiger partial charge in [0.05, 0.1) is 14.2 Å². The third-order valence-corrected chi connectivity index (χ3v) is 2.94. The van der Waals surface area contributed by atoms with Crippen LogP contribution >= 0.6 is 11.6 Å². The summed E-state index contributed by atoms with van der Waals surface area (Å²) < 4.78 is 10.7. The number of para-hydroxylation sites is 1. The van der Waals surface area contributed by atoms with E-state index in [1.807, 2.05) is 24.3 Å². The SMILES string of the molecule is COc1cccc(-c2ccc(Cl)cc2N)c1OC. The molecule has 18 heavy (non-hydrogen) atoms. The third kappa shape index (κ3) is 2.22. The van der Waals surface area contributed by atoms with E-state index in [0.717, 1.165) is 11.1 Å². The van der Waals surface area contributed by atoms with Crippen LogP contribution in [0.4, 0.5) is 5.69 Å². The molecular formula is C14H14ClNO2. The molecule has 2 aromatic carbocycles. The topological polar surface area (TPSA) is 44.5 Å². The lowest BCUT2D eigenvalue weighted by molar-refractivity contribution is 0.356. The Kier molecular flexibility index (Phi) is 3.63. The molecule has 4 heteroatoms. The van der Waals surface area contributed by atoms with Gasteiger partial charge in [-0.05, 0) is 18.2 Å². The van der Waals surface area contributed by atoms with Gasteiger partial charge in [0.1, 0.15) is 0 Å². The molecule has 0 aliphatic rings. The Balaban J connectivity index is 2.63. The average molecular weight is 264 g/mol. The minimum atomic E-state index is 0.606. The van der Waals surface area contributed by atoms with Gasteiger partial charge in [0.2, 0.25) is 0 Å². The van der Waals surface area contributed by atoms with Crippen molar-refractivity contribution in [3.63, 3.8) is 0 Å². The number of nitrogen functional groups attached to an aromatic ring is 1. The number of benzene rings is 2. The summed E-state index contributed by atoms with van der Waals surface area (Å²) in [6.45, 7) is 0. The Morgan fingerprint density at radius 1 is 1.00 bits per heavy atom. The van der Waals surface area contributed by atoms with Gasteiger partial charge in [0.25, 0.3) is 0 Å². The Labute approximate surface area is 111 Å². The van der Waals surface area contributed by atoms with Gasteiger partial charge in [-0.2, -0.15) is 0 Å². The van der Waals surface area contributed by atoms with Crippen molar-refractivity contribution in [3.8, 4) is 22.6 Å². The Morgan fingerprint density at radius 2 is 1.78 bits per heavy atom. The molecule has 0 spiro atoms. The molecule has 0 saturated heterocycles. The highest BCUT2D eigenvalue weighted by molar-refractivity contribution is 6.31. The summed E-state index contributed by atoms with van der Waals surface area (Å²) in [5.41, 5.74) is 8.34. The average Bonchev–Trinajstić information content (AvgIpc) is 2.37. The molecule has 3 nitrogen and oxygen atoms in total. The van der Waals surface area contributed by atoms with Crippen LogP contribution in [0.5, 0.6) is 11.5 Å². The van der Waals surface area contributed by atoms with E-state index in [4.69, 9.17) is 26.8 Å². The lowest BCUT2D eigenvalue weighted by Gasteiger charge is -2.14. The van der Waals surface area contributed by atoms with Crippen LogP contribution in [0.2, 0.25) is 5.02 Å². The van der Waals surface area contributed by atoms with Crippen LogP contribution in [0.15, 0.2) is 36.4 Å². The van der Waals surface area contributed by atoms with E-state index >= 15 is 0 Å². The zero-order valence-corrected chi connectivity index (χ0v) is 11.0. The molecule has 2 N–H and O–H groups in total. The zero-order chi connectivity index (χ0) is 13.1. The van der Waals surface area contributed by atoms with Crippen molar-refractivity contribution in [3.05, 3.63) is 41.4 Å². The highest BCUT2D eigenvalue weighted by Crippen LogP contribution is 2.40. The number of methoxy groups -OCH3 is 2. The van der Waals surface area contributed by atoms with Crippen molar-refractivity contribution in [1.82, 2.24) is 0 Å². The van der Waals surface area contributed by atoms with Gasteiger partial charge < -0.3 is 15.2 Å². The molecule has 2 aromatic rings. The molecule has 0 aromatic heterocycles. The van der Waals surface area contributed by atoms with Crippen molar-refractivity contribution < 1.29 is 9.47 Å². The lowest BCUT2D eigenvalue weighted by Crippen LogP contribution is -1.95. The fourth-order valence-electron chi connectivity index (χ4n) is 1.88. The molecule has 0 heterocycles. The predicted molar refractivity (Wildman–Crippen MR) is 74.4 cm³/mol. The van der Waals surface area contributed by atoms with E-state index in [0.29, 0.717) is 22.2 Å². The first-order valence-electron chi connectivity index (χ1n) is 5.43. The van der Waals surface area contributed by atoms with Gasteiger partial charge in [0.15, 0.2) is 11.5 Å². The van der Waals surface area contributed by atoms with E-state index < -0.39 is 0 Å². The largest absolute Gasteiger partial charge is 0.493 e. The normalized spacial score (nSPS) is 10.2. The van der Waals surface area contributed by atoms with E-state index in [1.165, 1.54) is 0 Å². The first kappa shape index (κ1) is 12.6. The number of hydrogen-bond donors (Lipinski definition) is 1. The molecule has 0 amide bonds. The van der Waals surface area contributed by atoms with Crippen LogP contribution in [-0.2, 0) is 0 Å². The molecule has 0 bridgehead atoms. The molecule has 94 valence electrons. The van der Waals surface area contributed by atoms with Crippen LogP contribution in [0.3, 0.4) is 0 Å². The smallest absolute Gasteiger partial charge is 0.168 e. The maximum Gasteiger partial charge on any atom is 0.168 e. The number of rotatable bonds is 3. The second-order valence-corrected chi connectivity index (χ2v) is 4.21. The summed E-state index contributed by atoms with van der Waals surface area (Å²) in [6, 6.07) is 11.1. The molecule has 0 atom stereocenters. The zero-order valence-electron chi connectivity index (χ0n) is 10.2. The molecule has 0 fully saturated rings. The summed E-state index contributed by atoms with van der Waals surface area (Å²) in [5.74, 6) is 1.33. The van der Waals surface area contributed by atoms with Crippen LogP contribution in [0.1, 0.15) is 0 Å². The quantitative estimate of drug-likeness (QED) is 0.861. The van der Waals surface area contributed by atoms with Crippen molar-refractivity contribution in [1.29, 1.82) is 0 Å². The monoisotopic (exact) mass is 263 g/mol. The predicted octanol–water partition coefficient (Wildman–Crippen LogP) is 3.61. The molecule has 0 radical (unpaired) electrons. The first-order chi connectivity index (χ1) is 8.67. The number of ether oxygens (including phenoxy) is 2. The molecule has 2 rings (SSSR count). The minimum Gasteiger partial charge on any atom is -0.493 e. The van der Waals surface area contributed by atoms with Crippen LogP contribution in [0.25, 0.3) is 11.1 Å². The Hall–Kier alpha value is -1.87. The van der Waals surface area contributed by atoms with E-state index in [9.17, 15) is 0 Å². The van der Waals surface area contributed by atoms with Crippen LogP contribution in [0, 0.1) is 0 Å². The van der Waals surface area contributed by atoms with Crippen molar-refractivity contribution >= 4 is 17.3 Å².